The van der Waals surface area contributed by atoms with Gasteiger partial charge in [0.15, 0.2) is 5.60 Å². The van der Waals surface area contributed by atoms with Crippen molar-refractivity contribution in [3.05, 3.63) is 0 Å². The first-order valence-corrected chi connectivity index (χ1v) is 4.63. The molecule has 1 rings (SSSR count). The predicted octanol–water partition coefficient (Wildman–Crippen LogP) is 1.08. The molecule has 7 heteroatoms. The van der Waals surface area contributed by atoms with Crippen molar-refractivity contribution >= 4 is 5.91 Å². The Kier molecular flexibility index (Phi) is 3.43. The second-order valence-corrected chi connectivity index (χ2v) is 3.60. The maximum atomic E-state index is 12.7. The zero-order valence-electron chi connectivity index (χ0n) is 8.67. The topological polar surface area (TPSA) is 53.3 Å². The molecule has 0 aliphatic carbocycles. The second kappa shape index (κ2) is 4.29. The van der Waals surface area contributed by atoms with Gasteiger partial charge in [-0.1, -0.05) is 0 Å². The van der Waals surface area contributed by atoms with Gasteiger partial charge in [0.25, 0.3) is 0 Å². The zero-order chi connectivity index (χ0) is 12.4. The summed E-state index contributed by atoms with van der Waals surface area (Å²) in [7, 11) is 0.978. The van der Waals surface area contributed by atoms with Crippen LogP contribution >= 0.6 is 0 Å². The van der Waals surface area contributed by atoms with Crippen molar-refractivity contribution in [3.63, 3.8) is 0 Å². The van der Waals surface area contributed by atoms with Crippen molar-refractivity contribution < 1.29 is 22.7 Å². The van der Waals surface area contributed by atoms with E-state index in [4.69, 9.17) is 5.26 Å². The molecule has 1 heterocycles. The SMILES string of the molecule is COC1(C(F)(F)F)CCN(C(=O)CC#N)C1. The van der Waals surface area contributed by atoms with E-state index < -0.39 is 30.7 Å². The number of nitrogens with zero attached hydrogens (tertiary/aromatic N) is 2. The number of hydrogen-bond acceptors (Lipinski definition) is 3. The van der Waals surface area contributed by atoms with Gasteiger partial charge in [-0.15, -0.1) is 0 Å². The van der Waals surface area contributed by atoms with E-state index in [-0.39, 0.29) is 13.0 Å². The number of nitriles is 1. The van der Waals surface area contributed by atoms with E-state index in [0.29, 0.717) is 0 Å². The number of methoxy groups -OCH3 is 1. The van der Waals surface area contributed by atoms with Gasteiger partial charge in [0, 0.05) is 20.1 Å². The van der Waals surface area contributed by atoms with Crippen LogP contribution in [0.4, 0.5) is 13.2 Å². The van der Waals surface area contributed by atoms with Gasteiger partial charge < -0.3 is 9.64 Å². The number of amides is 1. The lowest BCUT2D eigenvalue weighted by molar-refractivity contribution is -0.263. The summed E-state index contributed by atoms with van der Waals surface area (Å²) in [5.74, 6) is -0.592. The van der Waals surface area contributed by atoms with Crippen molar-refractivity contribution in [2.24, 2.45) is 0 Å². The highest BCUT2D eigenvalue weighted by molar-refractivity contribution is 5.78. The number of ether oxygens (including phenoxy) is 1. The van der Waals surface area contributed by atoms with Crippen LogP contribution in [0.1, 0.15) is 12.8 Å². The molecule has 0 aromatic heterocycles. The Labute approximate surface area is 90.6 Å². The highest BCUT2D eigenvalue weighted by Crippen LogP contribution is 2.40. The molecule has 0 saturated carbocycles. The average molecular weight is 236 g/mol. The molecule has 0 spiro atoms. The van der Waals surface area contributed by atoms with Crippen molar-refractivity contribution in [1.29, 1.82) is 5.26 Å². The van der Waals surface area contributed by atoms with Crippen LogP contribution in [0, 0.1) is 11.3 Å². The third-order valence-corrected chi connectivity index (χ3v) is 2.72. The third-order valence-electron chi connectivity index (χ3n) is 2.72. The van der Waals surface area contributed by atoms with E-state index in [2.05, 4.69) is 4.74 Å². The van der Waals surface area contributed by atoms with E-state index in [1.165, 1.54) is 0 Å². The van der Waals surface area contributed by atoms with Crippen LogP contribution in [0.15, 0.2) is 0 Å². The van der Waals surface area contributed by atoms with Crippen LogP contribution in [-0.2, 0) is 9.53 Å². The van der Waals surface area contributed by atoms with Crippen molar-refractivity contribution in [3.8, 4) is 6.07 Å². The molecule has 0 aromatic carbocycles. The number of rotatable bonds is 2. The molecule has 0 N–H and O–H groups in total. The smallest absolute Gasteiger partial charge is 0.367 e. The Morgan fingerprint density at radius 2 is 2.25 bits per heavy atom. The molecule has 0 radical (unpaired) electrons. The molecular weight excluding hydrogens is 225 g/mol. The number of halogens is 3. The van der Waals surface area contributed by atoms with Gasteiger partial charge in [-0.2, -0.15) is 18.4 Å². The molecule has 90 valence electrons. The van der Waals surface area contributed by atoms with Crippen LogP contribution in [-0.4, -0.2) is 42.8 Å². The normalized spacial score (nSPS) is 25.6. The maximum absolute atomic E-state index is 12.7. The van der Waals surface area contributed by atoms with Gasteiger partial charge in [-0.05, 0) is 0 Å². The van der Waals surface area contributed by atoms with Crippen LogP contribution in [0.3, 0.4) is 0 Å². The van der Waals surface area contributed by atoms with E-state index in [9.17, 15) is 18.0 Å². The fourth-order valence-corrected chi connectivity index (χ4v) is 1.69. The minimum Gasteiger partial charge on any atom is -0.367 e. The van der Waals surface area contributed by atoms with E-state index in [1.807, 2.05) is 0 Å². The molecule has 1 atom stereocenters. The first-order valence-electron chi connectivity index (χ1n) is 4.63. The van der Waals surface area contributed by atoms with Crippen LogP contribution in [0.5, 0.6) is 0 Å². The Hall–Kier alpha value is -1.29. The van der Waals surface area contributed by atoms with Crippen molar-refractivity contribution in [2.45, 2.75) is 24.6 Å². The van der Waals surface area contributed by atoms with Crippen LogP contribution in [0.2, 0.25) is 0 Å². The third kappa shape index (κ3) is 2.11. The number of carbonyl (C=O) groups excluding carboxylic acids is 1. The lowest BCUT2D eigenvalue weighted by Gasteiger charge is -2.29. The molecule has 1 saturated heterocycles. The standard InChI is InChI=1S/C9H11F3N2O2/c1-16-8(9(10,11)12)3-5-14(6-8)7(15)2-4-13/h2-3,5-6H2,1H3. The zero-order valence-corrected chi connectivity index (χ0v) is 8.67. The van der Waals surface area contributed by atoms with Crippen LogP contribution in [0.25, 0.3) is 0 Å². The van der Waals surface area contributed by atoms with Gasteiger partial charge in [0.05, 0.1) is 12.6 Å². The molecule has 4 nitrogen and oxygen atoms in total. The molecule has 1 fully saturated rings. The first kappa shape index (κ1) is 12.8. The average Bonchev–Trinajstić information content (AvgIpc) is 2.62. The summed E-state index contributed by atoms with van der Waals surface area (Å²) in [5, 5.41) is 8.29. The fourth-order valence-electron chi connectivity index (χ4n) is 1.69. The Balaban J connectivity index is 2.77. The summed E-state index contributed by atoms with van der Waals surface area (Å²) in [4.78, 5) is 12.3. The van der Waals surface area contributed by atoms with Gasteiger partial charge in [-0.25, -0.2) is 0 Å². The number of hydrogen-bond donors (Lipinski definition) is 0. The van der Waals surface area contributed by atoms with Gasteiger partial charge in [0.2, 0.25) is 5.91 Å². The number of likely N-dealkylation sites (tertiary alicyclic amines) is 1. The van der Waals surface area contributed by atoms with Gasteiger partial charge in [-0.3, -0.25) is 4.79 Å². The fraction of sp³-hybridized carbons (Fsp3) is 0.778. The summed E-state index contributed by atoms with van der Waals surface area (Å²) in [6.07, 6.45) is -5.20. The van der Waals surface area contributed by atoms with E-state index in [1.54, 1.807) is 6.07 Å². The largest absolute Gasteiger partial charge is 0.419 e. The minimum absolute atomic E-state index is 0.0339. The second-order valence-electron chi connectivity index (χ2n) is 3.60. The highest BCUT2D eigenvalue weighted by atomic mass is 19.4. The quantitative estimate of drug-likeness (QED) is 0.720. The maximum Gasteiger partial charge on any atom is 0.419 e. The molecule has 1 aliphatic heterocycles. The lowest BCUT2D eigenvalue weighted by atomic mass is 10.0. The van der Waals surface area contributed by atoms with Gasteiger partial charge >= 0.3 is 6.18 Å². The highest BCUT2D eigenvalue weighted by Gasteiger charge is 2.59. The summed E-state index contributed by atoms with van der Waals surface area (Å²) in [6, 6.07) is 1.62. The summed E-state index contributed by atoms with van der Waals surface area (Å²) in [5.41, 5.74) is -2.28. The molecule has 0 bridgehead atoms. The van der Waals surface area contributed by atoms with E-state index in [0.717, 1.165) is 12.0 Å². The molecule has 1 aliphatic rings. The Morgan fingerprint density at radius 1 is 1.62 bits per heavy atom. The van der Waals surface area contributed by atoms with Crippen molar-refractivity contribution in [1.82, 2.24) is 4.90 Å². The van der Waals surface area contributed by atoms with Crippen molar-refractivity contribution in [2.75, 3.05) is 20.2 Å². The molecule has 1 unspecified atom stereocenters. The number of carbonyl (C=O) groups is 1. The Bertz CT molecular complexity index is 324. The molecule has 0 aromatic rings. The monoisotopic (exact) mass is 236 g/mol. The Morgan fingerprint density at radius 3 is 2.62 bits per heavy atom. The van der Waals surface area contributed by atoms with Gasteiger partial charge in [0.1, 0.15) is 6.42 Å². The predicted molar refractivity (Wildman–Crippen MR) is 47.2 cm³/mol. The molecular formula is C9H11F3N2O2. The van der Waals surface area contributed by atoms with E-state index >= 15 is 0 Å². The minimum atomic E-state index is -4.51. The number of alkyl halides is 3. The first-order chi connectivity index (χ1) is 7.36. The van der Waals surface area contributed by atoms with Crippen LogP contribution < -0.4 is 0 Å². The molecule has 16 heavy (non-hydrogen) atoms. The lowest BCUT2D eigenvalue weighted by Crippen LogP contribution is -2.49. The summed E-state index contributed by atoms with van der Waals surface area (Å²) in [6.45, 7) is -0.568. The summed E-state index contributed by atoms with van der Waals surface area (Å²) >= 11 is 0. The summed E-state index contributed by atoms with van der Waals surface area (Å²) < 4.78 is 42.7. The molecule has 1 amide bonds.